The molecule has 1 aromatic rings. The summed E-state index contributed by atoms with van der Waals surface area (Å²) in [4.78, 5) is 4.75. The van der Waals surface area contributed by atoms with Crippen LogP contribution in [0, 0.1) is 11.8 Å². The monoisotopic (exact) mass is 311 g/mol. The molecule has 3 rings (SSSR count). The van der Waals surface area contributed by atoms with Crippen molar-refractivity contribution in [3.05, 3.63) is 41.5 Å². The molecule has 1 fully saturated rings. The number of benzene rings is 1. The van der Waals surface area contributed by atoms with E-state index in [9.17, 15) is 0 Å². The first-order valence-electron chi connectivity index (χ1n) is 9.21. The topological polar surface area (TPSA) is 21.6 Å². The second kappa shape index (κ2) is 7.81. The molecule has 23 heavy (non-hydrogen) atoms. The van der Waals surface area contributed by atoms with Gasteiger partial charge in [0.2, 0.25) is 0 Å². The lowest BCUT2D eigenvalue weighted by molar-refractivity contribution is 0.271. The molecule has 0 saturated heterocycles. The van der Waals surface area contributed by atoms with E-state index in [-0.39, 0.29) is 0 Å². The normalized spacial score (nSPS) is 19.0. The molecule has 124 valence electrons. The van der Waals surface area contributed by atoms with Crippen LogP contribution in [-0.2, 0) is 6.42 Å². The maximum absolute atomic E-state index is 5.87. The lowest BCUT2D eigenvalue weighted by Gasteiger charge is -2.19. The van der Waals surface area contributed by atoms with Crippen LogP contribution in [0.15, 0.2) is 35.3 Å². The first kappa shape index (κ1) is 16.3. The highest BCUT2D eigenvalue weighted by Gasteiger charge is 2.15. The summed E-state index contributed by atoms with van der Waals surface area (Å²) in [5, 5.41) is 0. The first-order valence-corrected chi connectivity index (χ1v) is 9.21. The van der Waals surface area contributed by atoms with E-state index in [4.69, 9.17) is 9.73 Å². The van der Waals surface area contributed by atoms with Gasteiger partial charge >= 0.3 is 0 Å². The molecule has 0 radical (unpaired) electrons. The summed E-state index contributed by atoms with van der Waals surface area (Å²) in [6.07, 6.45) is 12.6. The van der Waals surface area contributed by atoms with Gasteiger partial charge in [-0.2, -0.15) is 0 Å². The fraction of sp³-hybridized carbons (Fsp3) is 0.571. The van der Waals surface area contributed by atoms with E-state index >= 15 is 0 Å². The zero-order valence-corrected chi connectivity index (χ0v) is 14.6. The summed E-state index contributed by atoms with van der Waals surface area (Å²) in [7, 11) is 0. The van der Waals surface area contributed by atoms with Crippen molar-refractivity contribution in [2.45, 2.75) is 52.4 Å². The van der Waals surface area contributed by atoms with E-state index in [1.54, 1.807) is 0 Å². The first-order chi connectivity index (χ1) is 11.2. The third-order valence-corrected chi connectivity index (χ3v) is 4.78. The summed E-state index contributed by atoms with van der Waals surface area (Å²) in [6, 6.07) is 6.49. The largest absolute Gasteiger partial charge is 0.493 e. The molecular formula is C21H29NO. The predicted molar refractivity (Wildman–Crippen MR) is 97.6 cm³/mol. The smallest absolute Gasteiger partial charge is 0.119 e. The van der Waals surface area contributed by atoms with Gasteiger partial charge in [-0.05, 0) is 60.9 Å². The van der Waals surface area contributed by atoms with Gasteiger partial charge in [0, 0.05) is 12.1 Å². The minimum atomic E-state index is 0.557. The number of allylic oxidation sites excluding steroid dienone is 2. The van der Waals surface area contributed by atoms with Crippen molar-refractivity contribution >= 4 is 5.71 Å². The van der Waals surface area contributed by atoms with Crippen LogP contribution in [-0.4, -0.2) is 18.9 Å². The Balaban J connectivity index is 1.70. The molecule has 1 heterocycles. The highest BCUT2D eigenvalue weighted by Crippen LogP contribution is 2.26. The van der Waals surface area contributed by atoms with Crippen molar-refractivity contribution in [3.8, 4) is 5.75 Å². The van der Waals surface area contributed by atoms with Crippen LogP contribution in [0.4, 0.5) is 0 Å². The Hall–Kier alpha value is -1.57. The standard InChI is InChI=1S/C21H29NO/c1-16(2)15-23-19-9-10-20-18(14-19)12-13-22-21(20)11-8-17-6-4-3-5-7-17/h8-11,14,16-17H,3-7,12-13,15H2,1-2H3/b11-8+. The molecule has 0 bridgehead atoms. The van der Waals surface area contributed by atoms with Crippen molar-refractivity contribution in [2.24, 2.45) is 16.8 Å². The lowest BCUT2D eigenvalue weighted by atomic mass is 9.88. The molecule has 2 heteroatoms. The van der Waals surface area contributed by atoms with Gasteiger partial charge in [0.25, 0.3) is 0 Å². The summed E-state index contributed by atoms with van der Waals surface area (Å²) in [5.74, 6) is 2.31. The minimum absolute atomic E-state index is 0.557. The zero-order chi connectivity index (χ0) is 16.1. The van der Waals surface area contributed by atoms with E-state index in [0.29, 0.717) is 5.92 Å². The fourth-order valence-corrected chi connectivity index (χ4v) is 3.46. The van der Waals surface area contributed by atoms with Gasteiger partial charge in [-0.3, -0.25) is 4.99 Å². The highest BCUT2D eigenvalue weighted by atomic mass is 16.5. The number of aliphatic imine (C=N–C) groups is 1. The summed E-state index contributed by atoms with van der Waals surface area (Å²) >= 11 is 0. The number of ether oxygens (including phenoxy) is 1. The van der Waals surface area contributed by atoms with Crippen molar-refractivity contribution in [3.63, 3.8) is 0 Å². The SMILES string of the molecule is CC(C)COc1ccc2c(c1)CCN=C2/C=C/C1CCCCC1. The molecule has 0 unspecified atom stereocenters. The molecule has 0 atom stereocenters. The number of hydrogen-bond acceptors (Lipinski definition) is 2. The molecule has 1 saturated carbocycles. The number of fused-ring (bicyclic) bond motifs is 1. The zero-order valence-electron chi connectivity index (χ0n) is 14.6. The molecule has 1 aliphatic carbocycles. The van der Waals surface area contributed by atoms with Crippen molar-refractivity contribution in [1.82, 2.24) is 0 Å². The Labute approximate surface area is 140 Å². The Morgan fingerprint density at radius 3 is 2.83 bits per heavy atom. The Morgan fingerprint density at radius 1 is 1.22 bits per heavy atom. The molecule has 0 spiro atoms. The molecule has 2 nitrogen and oxygen atoms in total. The van der Waals surface area contributed by atoms with Crippen LogP contribution in [0.2, 0.25) is 0 Å². The van der Waals surface area contributed by atoms with E-state index < -0.39 is 0 Å². The van der Waals surface area contributed by atoms with Crippen molar-refractivity contribution in [1.29, 1.82) is 0 Å². The summed E-state index contributed by atoms with van der Waals surface area (Å²) in [5.41, 5.74) is 3.83. The van der Waals surface area contributed by atoms with Gasteiger partial charge in [0.15, 0.2) is 0 Å². The molecular weight excluding hydrogens is 282 g/mol. The Bertz CT molecular complexity index is 580. The number of rotatable bonds is 5. The summed E-state index contributed by atoms with van der Waals surface area (Å²) in [6.45, 7) is 6.03. The van der Waals surface area contributed by atoms with Gasteiger partial charge in [-0.15, -0.1) is 0 Å². The average molecular weight is 311 g/mol. The van der Waals surface area contributed by atoms with Gasteiger partial charge < -0.3 is 4.74 Å². The van der Waals surface area contributed by atoms with Crippen molar-refractivity contribution in [2.75, 3.05) is 13.2 Å². The minimum Gasteiger partial charge on any atom is -0.493 e. The van der Waals surface area contributed by atoms with Gasteiger partial charge in [-0.1, -0.05) is 39.2 Å². The molecule has 0 N–H and O–H groups in total. The van der Waals surface area contributed by atoms with Crippen LogP contribution in [0.1, 0.15) is 57.1 Å². The second-order valence-corrected chi connectivity index (χ2v) is 7.30. The van der Waals surface area contributed by atoms with Crippen LogP contribution in [0.5, 0.6) is 5.75 Å². The number of nitrogens with zero attached hydrogens (tertiary/aromatic N) is 1. The van der Waals surface area contributed by atoms with E-state index in [1.807, 2.05) is 0 Å². The van der Waals surface area contributed by atoms with Gasteiger partial charge in [0.05, 0.1) is 12.3 Å². The predicted octanol–water partition coefficient (Wildman–Crippen LogP) is 5.20. The van der Waals surface area contributed by atoms with Crippen LogP contribution in [0.3, 0.4) is 0 Å². The summed E-state index contributed by atoms with van der Waals surface area (Å²) < 4.78 is 5.87. The quantitative estimate of drug-likeness (QED) is 0.732. The van der Waals surface area contributed by atoms with Crippen LogP contribution in [0.25, 0.3) is 0 Å². The third kappa shape index (κ3) is 4.46. The van der Waals surface area contributed by atoms with Gasteiger partial charge in [0.1, 0.15) is 5.75 Å². The molecule has 2 aliphatic rings. The van der Waals surface area contributed by atoms with Crippen LogP contribution < -0.4 is 4.74 Å². The lowest BCUT2D eigenvalue weighted by Crippen LogP contribution is -2.12. The highest BCUT2D eigenvalue weighted by molar-refractivity contribution is 6.10. The van der Waals surface area contributed by atoms with Gasteiger partial charge in [-0.25, -0.2) is 0 Å². The molecule has 1 aromatic carbocycles. The maximum atomic E-state index is 5.87. The molecule has 0 amide bonds. The Kier molecular flexibility index (Phi) is 5.53. The van der Waals surface area contributed by atoms with E-state index in [0.717, 1.165) is 37.0 Å². The Morgan fingerprint density at radius 2 is 2.04 bits per heavy atom. The van der Waals surface area contributed by atoms with E-state index in [2.05, 4.69) is 44.2 Å². The second-order valence-electron chi connectivity index (χ2n) is 7.30. The maximum Gasteiger partial charge on any atom is 0.119 e. The fourth-order valence-electron chi connectivity index (χ4n) is 3.46. The van der Waals surface area contributed by atoms with Crippen LogP contribution >= 0.6 is 0 Å². The number of hydrogen-bond donors (Lipinski definition) is 0. The average Bonchev–Trinajstić information content (AvgIpc) is 2.58. The third-order valence-electron chi connectivity index (χ3n) is 4.78. The molecule has 0 aromatic heterocycles. The molecule has 1 aliphatic heterocycles. The van der Waals surface area contributed by atoms with Crippen molar-refractivity contribution < 1.29 is 4.74 Å². The van der Waals surface area contributed by atoms with E-state index in [1.165, 1.54) is 43.2 Å².